The third-order valence-electron chi connectivity index (χ3n) is 6.36. The second-order valence-electron chi connectivity index (χ2n) is 9.74. The first-order valence-corrected chi connectivity index (χ1v) is 15.0. The Labute approximate surface area is 250 Å². The summed E-state index contributed by atoms with van der Waals surface area (Å²) in [5.41, 5.74) is 18.2. The van der Waals surface area contributed by atoms with Crippen LogP contribution in [0, 0.1) is 0 Å². The van der Waals surface area contributed by atoms with E-state index in [0.29, 0.717) is 31.6 Å². The predicted molar refractivity (Wildman–Crippen MR) is 165 cm³/mol. The highest BCUT2D eigenvalue weighted by Crippen LogP contribution is 2.09. The predicted octanol–water partition coefficient (Wildman–Crippen LogP) is 0.145. The van der Waals surface area contributed by atoms with E-state index >= 15 is 0 Å². The van der Waals surface area contributed by atoms with E-state index in [1.54, 1.807) is 48.5 Å². The van der Waals surface area contributed by atoms with Crippen molar-refractivity contribution in [2.75, 3.05) is 18.6 Å². The minimum Gasteiger partial charge on any atom is -0.480 e. The Morgan fingerprint density at radius 1 is 0.786 bits per heavy atom. The SMILES string of the molecule is CSCCC(NC(=O)C(N)CCCN=C(N)N)C(=O)NC(Cc1ccccc1)C(=O)NC(Cc1ccccc1)C(=O)O. The number of hydrogen-bond acceptors (Lipinski definition) is 7. The van der Waals surface area contributed by atoms with Gasteiger partial charge < -0.3 is 38.3 Å². The van der Waals surface area contributed by atoms with E-state index in [0.717, 1.165) is 11.1 Å². The van der Waals surface area contributed by atoms with E-state index in [2.05, 4.69) is 20.9 Å². The quantitative estimate of drug-likeness (QED) is 0.0704. The average molecular weight is 600 g/mol. The van der Waals surface area contributed by atoms with Gasteiger partial charge in [0.1, 0.15) is 18.1 Å². The van der Waals surface area contributed by atoms with Crippen molar-refractivity contribution in [3.05, 3.63) is 71.8 Å². The van der Waals surface area contributed by atoms with Gasteiger partial charge >= 0.3 is 5.97 Å². The molecule has 0 bridgehead atoms. The highest BCUT2D eigenvalue weighted by atomic mass is 32.2. The summed E-state index contributed by atoms with van der Waals surface area (Å²) in [5.74, 6) is -2.43. The second kappa shape index (κ2) is 18.4. The van der Waals surface area contributed by atoms with Crippen molar-refractivity contribution in [3.63, 3.8) is 0 Å². The first-order valence-electron chi connectivity index (χ1n) is 13.6. The number of carbonyl (C=O) groups excluding carboxylic acids is 3. The molecule has 0 saturated heterocycles. The minimum absolute atomic E-state index is 0.0503. The van der Waals surface area contributed by atoms with Gasteiger partial charge in [0.05, 0.1) is 6.04 Å². The van der Waals surface area contributed by atoms with Crippen LogP contribution in [0.5, 0.6) is 0 Å². The van der Waals surface area contributed by atoms with E-state index in [-0.39, 0.29) is 18.8 Å². The lowest BCUT2D eigenvalue weighted by Crippen LogP contribution is -2.58. The van der Waals surface area contributed by atoms with Crippen LogP contribution in [0.4, 0.5) is 0 Å². The topological polar surface area (TPSA) is 215 Å². The largest absolute Gasteiger partial charge is 0.480 e. The van der Waals surface area contributed by atoms with E-state index in [1.807, 2.05) is 18.4 Å². The van der Waals surface area contributed by atoms with Crippen LogP contribution >= 0.6 is 11.8 Å². The lowest BCUT2D eigenvalue weighted by molar-refractivity contribution is -0.142. The molecule has 0 radical (unpaired) electrons. The van der Waals surface area contributed by atoms with E-state index in [1.165, 1.54) is 11.8 Å². The van der Waals surface area contributed by atoms with E-state index in [9.17, 15) is 24.3 Å². The summed E-state index contributed by atoms with van der Waals surface area (Å²) in [5, 5.41) is 17.8. The number of benzene rings is 2. The maximum absolute atomic E-state index is 13.4. The first kappa shape index (κ1) is 34.1. The zero-order valence-corrected chi connectivity index (χ0v) is 24.5. The van der Waals surface area contributed by atoms with Gasteiger partial charge in [-0.1, -0.05) is 60.7 Å². The van der Waals surface area contributed by atoms with Crippen LogP contribution in [0.15, 0.2) is 65.7 Å². The molecular formula is C29H41N7O5S. The van der Waals surface area contributed by atoms with Gasteiger partial charge in [0.2, 0.25) is 17.7 Å². The maximum atomic E-state index is 13.4. The van der Waals surface area contributed by atoms with Crippen LogP contribution in [0.2, 0.25) is 0 Å². The van der Waals surface area contributed by atoms with Crippen molar-refractivity contribution in [1.29, 1.82) is 0 Å². The second-order valence-corrected chi connectivity index (χ2v) is 10.7. The fourth-order valence-corrected chi connectivity index (χ4v) is 4.56. The fourth-order valence-electron chi connectivity index (χ4n) is 4.09. The number of carboxylic acids is 1. The number of rotatable bonds is 18. The molecule has 0 aliphatic rings. The Morgan fingerprint density at radius 3 is 1.81 bits per heavy atom. The molecule has 2 rings (SSSR count). The minimum atomic E-state index is -1.21. The average Bonchev–Trinajstić information content (AvgIpc) is 2.97. The number of aliphatic carboxylic acids is 1. The standard InChI is InChI=1S/C29H41N7O5S/c1-42-16-14-22(34-25(37)21(30)13-8-15-33-29(31)32)26(38)35-23(17-19-9-4-2-5-10-19)27(39)36-24(28(40)41)18-20-11-6-3-7-12-20/h2-7,9-12,21-24H,8,13-18,30H2,1H3,(H,34,37)(H,35,38)(H,36,39)(H,40,41)(H4,31,32,33). The molecule has 12 nitrogen and oxygen atoms in total. The molecule has 13 heteroatoms. The molecule has 0 aliphatic heterocycles. The summed E-state index contributed by atoms with van der Waals surface area (Å²) in [4.78, 5) is 55.5. The van der Waals surface area contributed by atoms with Gasteiger partial charge in [0, 0.05) is 19.4 Å². The van der Waals surface area contributed by atoms with E-state index in [4.69, 9.17) is 17.2 Å². The molecule has 2 aromatic carbocycles. The van der Waals surface area contributed by atoms with Gasteiger partial charge in [0.25, 0.3) is 0 Å². The van der Waals surface area contributed by atoms with Crippen molar-refractivity contribution < 1.29 is 24.3 Å². The van der Waals surface area contributed by atoms with Gasteiger partial charge in [-0.05, 0) is 42.4 Å². The van der Waals surface area contributed by atoms with Gasteiger partial charge in [-0.2, -0.15) is 11.8 Å². The molecule has 0 aromatic heterocycles. The number of hydrogen-bond donors (Lipinski definition) is 7. The van der Waals surface area contributed by atoms with Crippen molar-refractivity contribution in [3.8, 4) is 0 Å². The number of aliphatic imine (C=N–C) groups is 1. The summed E-state index contributed by atoms with van der Waals surface area (Å²) in [6.45, 7) is 0.317. The molecule has 10 N–H and O–H groups in total. The molecule has 0 spiro atoms. The molecular weight excluding hydrogens is 558 g/mol. The van der Waals surface area contributed by atoms with Crippen LogP contribution in [-0.2, 0) is 32.0 Å². The van der Waals surface area contributed by atoms with Crippen LogP contribution in [0.25, 0.3) is 0 Å². The van der Waals surface area contributed by atoms with Crippen LogP contribution in [-0.4, -0.2) is 77.5 Å². The van der Waals surface area contributed by atoms with Gasteiger partial charge in [-0.3, -0.25) is 19.4 Å². The summed E-state index contributed by atoms with van der Waals surface area (Å²) in [7, 11) is 0. The number of nitrogens with one attached hydrogen (secondary N) is 3. The van der Waals surface area contributed by atoms with Crippen LogP contribution in [0.3, 0.4) is 0 Å². The summed E-state index contributed by atoms with van der Waals surface area (Å²) in [6, 6.07) is 13.8. The molecule has 0 heterocycles. The lowest BCUT2D eigenvalue weighted by Gasteiger charge is -2.25. The molecule has 0 aliphatic carbocycles. The molecule has 42 heavy (non-hydrogen) atoms. The zero-order valence-electron chi connectivity index (χ0n) is 23.7. The molecule has 0 saturated carbocycles. The lowest BCUT2D eigenvalue weighted by atomic mass is 10.0. The number of amides is 3. The highest BCUT2D eigenvalue weighted by Gasteiger charge is 2.30. The number of thioether (sulfide) groups is 1. The maximum Gasteiger partial charge on any atom is 0.326 e. The van der Waals surface area contributed by atoms with Crippen LogP contribution in [0.1, 0.15) is 30.4 Å². The zero-order chi connectivity index (χ0) is 30.9. The summed E-state index contributed by atoms with van der Waals surface area (Å²) < 4.78 is 0. The fraction of sp³-hybridized carbons (Fsp3) is 0.414. The summed E-state index contributed by atoms with van der Waals surface area (Å²) in [6.07, 6.45) is 3.13. The van der Waals surface area contributed by atoms with Crippen molar-refractivity contribution in [2.24, 2.45) is 22.2 Å². The van der Waals surface area contributed by atoms with Crippen molar-refractivity contribution in [2.45, 2.75) is 56.3 Å². The first-order chi connectivity index (χ1) is 20.1. The normalized spacial score (nSPS) is 13.6. The Bertz CT molecular complexity index is 1180. The molecule has 4 atom stereocenters. The van der Waals surface area contributed by atoms with Gasteiger partial charge in [-0.15, -0.1) is 0 Å². The number of carboxylic acid groups (broad SMARTS) is 1. The Balaban J connectivity index is 2.17. The molecule has 2 aromatic rings. The number of nitrogens with two attached hydrogens (primary N) is 3. The monoisotopic (exact) mass is 599 g/mol. The Kier molecular flexibility index (Phi) is 14.9. The molecule has 4 unspecified atom stereocenters. The number of carbonyl (C=O) groups is 4. The van der Waals surface area contributed by atoms with Crippen molar-refractivity contribution in [1.82, 2.24) is 16.0 Å². The van der Waals surface area contributed by atoms with E-state index < -0.39 is 47.9 Å². The third kappa shape index (κ3) is 12.6. The molecule has 3 amide bonds. The highest BCUT2D eigenvalue weighted by molar-refractivity contribution is 7.98. The Hall–Kier alpha value is -4.10. The number of nitrogens with zero attached hydrogens (tertiary/aromatic N) is 1. The van der Waals surface area contributed by atoms with Crippen molar-refractivity contribution >= 4 is 41.4 Å². The Morgan fingerprint density at radius 2 is 1.29 bits per heavy atom. The molecule has 228 valence electrons. The molecule has 0 fully saturated rings. The smallest absolute Gasteiger partial charge is 0.326 e. The van der Waals surface area contributed by atoms with Crippen LogP contribution < -0.4 is 33.2 Å². The summed E-state index contributed by atoms with van der Waals surface area (Å²) >= 11 is 1.50. The third-order valence-corrected chi connectivity index (χ3v) is 7.00. The van der Waals surface area contributed by atoms with Gasteiger partial charge in [0.15, 0.2) is 5.96 Å². The number of guanidine groups is 1. The van der Waals surface area contributed by atoms with Gasteiger partial charge in [-0.25, -0.2) is 4.79 Å².